The number of likely N-dealkylation sites (tertiary alicyclic amines) is 1. The molecule has 266 valence electrons. The van der Waals surface area contributed by atoms with Crippen LogP contribution in [0.2, 0.25) is 0 Å². The molecule has 0 amide bonds. The Kier molecular flexibility index (Phi) is 13.7. The summed E-state index contributed by atoms with van der Waals surface area (Å²) in [5.41, 5.74) is 6.00. The summed E-state index contributed by atoms with van der Waals surface area (Å²) in [6.45, 7) is 7.01. The zero-order chi connectivity index (χ0) is 35.1. The van der Waals surface area contributed by atoms with Crippen LogP contribution in [0, 0.1) is 23.7 Å². The molecule has 4 unspecified atom stereocenters. The fraction of sp³-hybridized carbons (Fsp3) is 0.700. The second kappa shape index (κ2) is 16.8. The number of quaternary nitrogens is 1. The van der Waals surface area contributed by atoms with Crippen LogP contribution in [0.3, 0.4) is 0 Å². The summed E-state index contributed by atoms with van der Waals surface area (Å²) in [7, 11) is 2.64. The molecule has 0 aliphatic carbocycles. The smallest absolute Gasteiger partial charge is 0.337 e. The number of methoxy groups -OCH3 is 1. The standard InChI is InChI=1S/C30H48N4O13/c1-6-17-18(8-7-16-11-34(9-10-35)12-19(25(38)39)22(16)33-29(31)32-4)20(26(40)43-5)14-44-27(17)47-28-24(45-15(2)3)30(41,42)23(37)21(13-36)46-28/h6-8,14-19,21-24,27-28,35-37,41-42H,1,9-13H2,2-5H3,(H,38,39)(H3,31,32,33)/t16?,17-,18+,19?,21-,22?,23-,24-,27-,28+/m1/s1. The number of allylic oxidation sites excluding steroid dienone is 1. The number of guanidine groups is 1. The van der Waals surface area contributed by atoms with Gasteiger partial charge in [0.25, 0.3) is 0 Å². The third-order valence-corrected chi connectivity index (χ3v) is 8.56. The Morgan fingerprint density at radius 3 is 2.53 bits per heavy atom. The van der Waals surface area contributed by atoms with Gasteiger partial charge in [-0.2, -0.15) is 0 Å². The lowest BCUT2D eigenvalue weighted by Gasteiger charge is -2.48. The summed E-state index contributed by atoms with van der Waals surface area (Å²) in [6, 6.07) is -0.754. The number of aliphatic hydroxyl groups is 5. The number of hydrogen-bond donors (Lipinski definition) is 8. The molecule has 3 rings (SSSR count). The van der Waals surface area contributed by atoms with Crippen LogP contribution in [-0.4, -0.2) is 139 Å². The number of nitrogens with two attached hydrogens (primary N) is 1. The predicted octanol–water partition coefficient (Wildman–Crippen LogP) is -5.28. The minimum Gasteiger partial charge on any atom is -0.550 e. The summed E-state index contributed by atoms with van der Waals surface area (Å²) < 4.78 is 28.1. The molecule has 3 aliphatic rings. The van der Waals surface area contributed by atoms with Gasteiger partial charge in [-0.05, 0) is 13.8 Å². The number of aliphatic imine (C=N–C) groups is 1. The van der Waals surface area contributed by atoms with Crippen LogP contribution in [0.15, 0.2) is 41.6 Å². The fourth-order valence-corrected chi connectivity index (χ4v) is 6.16. The SMILES string of the molecule is C=C[C@H]1[C@@H](O[C@@H]2O[C@H](CO)[C@@H](O)C(O)(O)[C@@H]2OC(C)C)OC=C(C(=O)OC)[C@H]1C=CC1C[NH+](CCO)CC(C(=O)[O-])C1NC(N)=NC. The average Bonchev–Trinajstić information content (AvgIpc) is 3.03. The average molecular weight is 673 g/mol. The van der Waals surface area contributed by atoms with Crippen LogP contribution in [0.25, 0.3) is 0 Å². The Hall–Kier alpha value is -3.13. The van der Waals surface area contributed by atoms with Crippen LogP contribution < -0.4 is 21.1 Å². The van der Waals surface area contributed by atoms with Gasteiger partial charge in [0, 0.05) is 18.9 Å². The second-order valence-corrected chi connectivity index (χ2v) is 12.0. The number of nitrogens with one attached hydrogen (secondary N) is 2. The van der Waals surface area contributed by atoms with E-state index in [0.29, 0.717) is 6.54 Å². The number of hydrogen-bond acceptors (Lipinski definition) is 14. The number of piperidine rings is 1. The van der Waals surface area contributed by atoms with Gasteiger partial charge in [-0.3, -0.25) is 4.99 Å². The maximum Gasteiger partial charge on any atom is 0.337 e. The number of carboxylic acids is 1. The molecule has 3 heterocycles. The molecule has 3 aliphatic heterocycles. The fourth-order valence-electron chi connectivity index (χ4n) is 6.16. The van der Waals surface area contributed by atoms with Crippen LogP contribution in [-0.2, 0) is 33.3 Å². The van der Waals surface area contributed by atoms with Crippen molar-refractivity contribution in [1.82, 2.24) is 5.32 Å². The molecule has 9 N–H and O–H groups in total. The van der Waals surface area contributed by atoms with E-state index in [9.17, 15) is 40.2 Å². The lowest BCUT2D eigenvalue weighted by Crippen LogP contribution is -3.16. The number of esters is 1. The Balaban J connectivity index is 2.01. The van der Waals surface area contributed by atoms with Crippen molar-refractivity contribution in [3.8, 4) is 0 Å². The number of rotatable bonds is 13. The normalized spacial score (nSPS) is 36.0. The number of aliphatic hydroxyl groups excluding tert-OH is 3. The molecule has 0 aromatic rings. The number of carbonyl (C=O) groups excluding carboxylic acids is 2. The first-order valence-corrected chi connectivity index (χ1v) is 15.3. The second-order valence-electron chi connectivity index (χ2n) is 12.0. The molecular formula is C30H48N4O13. The van der Waals surface area contributed by atoms with Crippen molar-refractivity contribution in [2.75, 3.05) is 47.0 Å². The molecule has 0 aromatic heterocycles. The number of carbonyl (C=O) groups is 2. The van der Waals surface area contributed by atoms with Crippen LogP contribution >= 0.6 is 0 Å². The molecule has 17 heteroatoms. The largest absolute Gasteiger partial charge is 0.550 e. The molecule has 0 aromatic carbocycles. The van der Waals surface area contributed by atoms with Crippen molar-refractivity contribution in [2.45, 2.75) is 62.7 Å². The van der Waals surface area contributed by atoms with Gasteiger partial charge in [-0.25, -0.2) is 4.79 Å². The van der Waals surface area contributed by atoms with E-state index in [1.54, 1.807) is 26.0 Å². The van der Waals surface area contributed by atoms with Crippen LogP contribution in [0.4, 0.5) is 0 Å². The van der Waals surface area contributed by atoms with E-state index in [1.807, 2.05) is 0 Å². The van der Waals surface area contributed by atoms with Crippen LogP contribution in [0.1, 0.15) is 13.8 Å². The maximum atomic E-state index is 12.9. The predicted molar refractivity (Wildman–Crippen MR) is 160 cm³/mol. The van der Waals surface area contributed by atoms with Gasteiger partial charge in [-0.1, -0.05) is 18.2 Å². The van der Waals surface area contributed by atoms with Crippen molar-refractivity contribution in [2.24, 2.45) is 34.4 Å². The molecule has 0 radical (unpaired) electrons. The molecule has 17 nitrogen and oxygen atoms in total. The highest BCUT2D eigenvalue weighted by atomic mass is 16.8. The maximum absolute atomic E-state index is 12.9. The quantitative estimate of drug-likeness (QED) is 0.0299. The van der Waals surface area contributed by atoms with Crippen molar-refractivity contribution in [1.29, 1.82) is 0 Å². The molecular weight excluding hydrogens is 624 g/mol. The van der Waals surface area contributed by atoms with Crippen molar-refractivity contribution in [3.05, 3.63) is 36.6 Å². The van der Waals surface area contributed by atoms with E-state index in [-0.39, 0.29) is 31.2 Å². The first kappa shape index (κ1) is 38.3. The minimum atomic E-state index is -2.89. The monoisotopic (exact) mass is 672 g/mol. The topological polar surface area (TPSA) is 259 Å². The highest BCUT2D eigenvalue weighted by molar-refractivity contribution is 5.89. The van der Waals surface area contributed by atoms with Gasteiger partial charge < -0.3 is 75.1 Å². The highest BCUT2D eigenvalue weighted by Crippen LogP contribution is 2.38. The third-order valence-electron chi connectivity index (χ3n) is 8.56. The molecule has 11 atom stereocenters. The molecule has 0 saturated carbocycles. The molecule has 47 heavy (non-hydrogen) atoms. The summed E-state index contributed by atoms with van der Waals surface area (Å²) in [6.07, 6.45) is -2.53. The first-order chi connectivity index (χ1) is 22.2. The van der Waals surface area contributed by atoms with Gasteiger partial charge in [0.1, 0.15) is 18.8 Å². The van der Waals surface area contributed by atoms with E-state index in [2.05, 4.69) is 16.9 Å². The first-order valence-electron chi connectivity index (χ1n) is 15.3. The van der Waals surface area contributed by atoms with E-state index in [0.717, 1.165) is 11.2 Å². The Morgan fingerprint density at radius 2 is 1.98 bits per heavy atom. The molecule has 2 fully saturated rings. The molecule has 2 saturated heterocycles. The number of carboxylic acid groups (broad SMARTS) is 1. The Morgan fingerprint density at radius 1 is 1.28 bits per heavy atom. The highest BCUT2D eigenvalue weighted by Gasteiger charge is 2.57. The summed E-state index contributed by atoms with van der Waals surface area (Å²) in [5, 5.41) is 66.5. The lowest BCUT2D eigenvalue weighted by molar-refractivity contribution is -0.911. The van der Waals surface area contributed by atoms with Crippen LogP contribution in [0.5, 0.6) is 0 Å². The van der Waals surface area contributed by atoms with E-state index >= 15 is 0 Å². The summed E-state index contributed by atoms with van der Waals surface area (Å²) in [5.74, 6) is -8.11. The Labute approximate surface area is 272 Å². The molecule has 0 spiro atoms. The number of nitrogens with zero attached hydrogens (tertiary/aromatic N) is 1. The molecule has 0 bridgehead atoms. The van der Waals surface area contributed by atoms with E-state index < -0.39 is 91.0 Å². The third kappa shape index (κ3) is 8.87. The number of ether oxygens (including phenoxy) is 5. The van der Waals surface area contributed by atoms with E-state index in [1.165, 1.54) is 20.2 Å². The van der Waals surface area contributed by atoms with Gasteiger partial charge in [0.2, 0.25) is 12.1 Å². The lowest BCUT2D eigenvalue weighted by atomic mass is 9.79. The van der Waals surface area contributed by atoms with Gasteiger partial charge >= 0.3 is 5.97 Å². The minimum absolute atomic E-state index is 0.0182. The van der Waals surface area contributed by atoms with Gasteiger partial charge in [0.15, 0.2) is 18.4 Å². The zero-order valence-corrected chi connectivity index (χ0v) is 26.9. The van der Waals surface area contributed by atoms with Crippen molar-refractivity contribution >= 4 is 17.9 Å². The van der Waals surface area contributed by atoms with Gasteiger partial charge in [-0.15, -0.1) is 6.58 Å². The zero-order valence-electron chi connectivity index (χ0n) is 26.9. The van der Waals surface area contributed by atoms with Gasteiger partial charge in [0.05, 0.1) is 75.2 Å². The summed E-state index contributed by atoms with van der Waals surface area (Å²) in [4.78, 5) is 29.8. The number of aliphatic carboxylic acids is 1. The van der Waals surface area contributed by atoms with Crippen molar-refractivity contribution < 1.29 is 68.8 Å². The Bertz CT molecular complexity index is 1180. The van der Waals surface area contributed by atoms with Crippen molar-refractivity contribution in [3.63, 3.8) is 0 Å². The summed E-state index contributed by atoms with van der Waals surface area (Å²) >= 11 is 0. The van der Waals surface area contributed by atoms with E-state index in [4.69, 9.17) is 29.4 Å².